The average Bonchev–Trinajstić information content (AvgIpc) is 3.55. The molecule has 1 aliphatic rings. The molecule has 0 bridgehead atoms. The van der Waals surface area contributed by atoms with Crippen LogP contribution in [0.1, 0.15) is 27.4 Å². The lowest BCUT2D eigenvalue weighted by Crippen LogP contribution is -2.29. The van der Waals surface area contributed by atoms with Gasteiger partial charge in [-0.2, -0.15) is 0 Å². The Morgan fingerprint density at radius 2 is 0.768 bits per heavy atom. The zero-order valence-corrected chi connectivity index (χ0v) is 32.2. The molecule has 3 aromatic rings. The van der Waals surface area contributed by atoms with Crippen LogP contribution in [0.4, 0.5) is 4.79 Å². The molecule has 1 amide bonds. The van der Waals surface area contributed by atoms with Crippen LogP contribution in [0.5, 0.6) is 0 Å². The first-order valence-corrected chi connectivity index (χ1v) is 19.2. The third-order valence-corrected chi connectivity index (χ3v) is 8.31. The Morgan fingerprint density at radius 1 is 0.411 bits per heavy atom. The van der Waals surface area contributed by atoms with Gasteiger partial charge in [0.2, 0.25) is 0 Å². The SMILES string of the molecule is O=C(NCCOCCOCCOCCOCCOCCOCCOCCOCCOCCOC(=O)c1ccccc1)OCC1c2ccccc2-c2ccccc21. The molecule has 0 spiro atoms. The van der Waals surface area contributed by atoms with Crippen LogP contribution in [0.25, 0.3) is 11.1 Å². The zero-order valence-electron chi connectivity index (χ0n) is 32.2. The van der Waals surface area contributed by atoms with Gasteiger partial charge in [-0.05, 0) is 34.4 Å². The molecule has 1 aliphatic carbocycles. The summed E-state index contributed by atoms with van der Waals surface area (Å²) in [6, 6.07) is 25.3. The summed E-state index contributed by atoms with van der Waals surface area (Å²) in [6.07, 6.45) is -0.456. The van der Waals surface area contributed by atoms with Crippen molar-refractivity contribution in [1.29, 1.82) is 0 Å². The lowest BCUT2D eigenvalue weighted by molar-refractivity contribution is -0.0258. The Bertz CT molecular complexity index is 1430. The predicted octanol–water partition coefficient (Wildman–Crippen LogP) is 4.53. The van der Waals surface area contributed by atoms with Crippen molar-refractivity contribution < 1.29 is 61.7 Å². The van der Waals surface area contributed by atoms with Crippen molar-refractivity contribution in [3.8, 4) is 11.1 Å². The van der Waals surface area contributed by atoms with Gasteiger partial charge in [-0.15, -0.1) is 0 Å². The van der Waals surface area contributed by atoms with E-state index >= 15 is 0 Å². The van der Waals surface area contributed by atoms with Gasteiger partial charge in [0, 0.05) is 12.5 Å². The molecule has 0 heterocycles. The fourth-order valence-electron chi connectivity index (χ4n) is 5.59. The van der Waals surface area contributed by atoms with Crippen molar-refractivity contribution in [2.75, 3.05) is 139 Å². The van der Waals surface area contributed by atoms with Gasteiger partial charge in [-0.3, -0.25) is 0 Å². The van der Waals surface area contributed by atoms with Gasteiger partial charge in [-0.1, -0.05) is 66.7 Å². The Morgan fingerprint density at radius 3 is 1.20 bits per heavy atom. The van der Waals surface area contributed by atoms with E-state index in [0.29, 0.717) is 131 Å². The first-order valence-electron chi connectivity index (χ1n) is 19.2. The van der Waals surface area contributed by atoms with E-state index in [2.05, 4.69) is 29.6 Å². The van der Waals surface area contributed by atoms with Crippen molar-refractivity contribution >= 4 is 12.1 Å². The van der Waals surface area contributed by atoms with Crippen LogP contribution in [0, 0.1) is 0 Å². The summed E-state index contributed by atoms with van der Waals surface area (Å²) in [5.41, 5.74) is 5.28. The fraction of sp³-hybridized carbons (Fsp3) is 0.524. The van der Waals surface area contributed by atoms with Gasteiger partial charge in [0.25, 0.3) is 0 Å². The second-order valence-corrected chi connectivity index (χ2v) is 12.3. The van der Waals surface area contributed by atoms with E-state index in [1.807, 2.05) is 30.3 Å². The molecule has 0 atom stereocenters. The van der Waals surface area contributed by atoms with Gasteiger partial charge in [0.15, 0.2) is 0 Å². The maximum Gasteiger partial charge on any atom is 0.407 e. The van der Waals surface area contributed by atoms with E-state index in [1.54, 1.807) is 24.3 Å². The Labute approximate surface area is 329 Å². The summed E-state index contributed by atoms with van der Waals surface area (Å²) in [7, 11) is 0. The minimum absolute atomic E-state index is 0.0329. The van der Waals surface area contributed by atoms with E-state index in [-0.39, 0.29) is 25.1 Å². The highest BCUT2D eigenvalue weighted by molar-refractivity contribution is 5.89. The molecule has 0 aromatic heterocycles. The molecule has 4 rings (SSSR count). The van der Waals surface area contributed by atoms with Gasteiger partial charge >= 0.3 is 12.1 Å². The second-order valence-electron chi connectivity index (χ2n) is 12.3. The topological polar surface area (TPSA) is 148 Å². The van der Waals surface area contributed by atoms with E-state index in [0.717, 1.165) is 0 Å². The molecule has 0 saturated carbocycles. The van der Waals surface area contributed by atoms with E-state index in [1.165, 1.54) is 22.3 Å². The summed E-state index contributed by atoms with van der Waals surface area (Å²) in [5.74, 6) is -0.328. The number of hydrogen-bond acceptors (Lipinski definition) is 13. The number of benzene rings is 3. The van der Waals surface area contributed by atoms with Crippen LogP contribution < -0.4 is 5.32 Å². The van der Waals surface area contributed by atoms with Crippen LogP contribution in [-0.4, -0.2) is 151 Å². The molecule has 3 aromatic carbocycles. The quantitative estimate of drug-likeness (QED) is 0.0682. The molecule has 14 nitrogen and oxygen atoms in total. The maximum atomic E-state index is 12.2. The summed E-state index contributed by atoms with van der Waals surface area (Å²) < 4.78 is 60.0. The predicted molar refractivity (Wildman–Crippen MR) is 207 cm³/mol. The lowest BCUT2D eigenvalue weighted by atomic mass is 9.98. The van der Waals surface area contributed by atoms with Gasteiger partial charge in [0.05, 0.1) is 124 Å². The standard InChI is InChI=1S/C42H57NO13/c44-41(35-8-2-1-3-9-35)55-33-32-54-31-30-53-29-28-52-27-26-51-25-24-50-23-22-49-21-20-48-19-18-47-17-16-46-15-14-43-42(45)56-34-40-38-12-6-4-10-36(38)37-11-5-7-13-39(37)40/h1-13,40H,14-34H2,(H,43,45). The van der Waals surface area contributed by atoms with Crippen molar-refractivity contribution in [2.45, 2.75) is 5.92 Å². The minimum atomic E-state index is -0.456. The highest BCUT2D eigenvalue weighted by atomic mass is 16.6. The van der Waals surface area contributed by atoms with Crippen molar-refractivity contribution in [3.63, 3.8) is 0 Å². The molecular weight excluding hydrogens is 726 g/mol. The van der Waals surface area contributed by atoms with E-state index in [9.17, 15) is 9.59 Å². The lowest BCUT2D eigenvalue weighted by Gasteiger charge is -2.14. The normalized spacial score (nSPS) is 12.0. The summed E-state index contributed by atoms with van der Waals surface area (Å²) in [4.78, 5) is 24.1. The van der Waals surface area contributed by atoms with Crippen molar-refractivity contribution in [1.82, 2.24) is 5.32 Å². The van der Waals surface area contributed by atoms with Crippen LogP contribution in [0.15, 0.2) is 78.9 Å². The number of hydrogen-bond donors (Lipinski definition) is 1. The van der Waals surface area contributed by atoms with Gasteiger partial charge in [-0.25, -0.2) is 9.59 Å². The number of amides is 1. The molecule has 14 heteroatoms. The number of nitrogens with one attached hydrogen (secondary N) is 1. The van der Waals surface area contributed by atoms with Crippen LogP contribution in [0.3, 0.4) is 0 Å². The van der Waals surface area contributed by atoms with Crippen LogP contribution in [0.2, 0.25) is 0 Å². The number of esters is 1. The first-order chi connectivity index (χ1) is 27.7. The van der Waals surface area contributed by atoms with Crippen LogP contribution >= 0.6 is 0 Å². The molecule has 0 saturated heterocycles. The number of ether oxygens (including phenoxy) is 11. The van der Waals surface area contributed by atoms with E-state index in [4.69, 9.17) is 52.1 Å². The summed E-state index contributed by atoms with van der Waals surface area (Å²) >= 11 is 0. The second kappa shape index (κ2) is 29.3. The number of rotatable bonds is 33. The molecule has 1 N–H and O–H groups in total. The molecule has 0 fully saturated rings. The molecule has 56 heavy (non-hydrogen) atoms. The third kappa shape index (κ3) is 18.3. The summed E-state index contributed by atoms with van der Waals surface area (Å²) in [6.45, 7) is 8.84. The average molecular weight is 784 g/mol. The molecule has 0 unspecified atom stereocenters. The maximum absolute atomic E-state index is 12.2. The highest BCUT2D eigenvalue weighted by Crippen LogP contribution is 2.44. The fourth-order valence-corrected chi connectivity index (χ4v) is 5.59. The number of alkyl carbamates (subject to hydrolysis) is 1. The number of carbonyl (C=O) groups excluding carboxylic acids is 2. The van der Waals surface area contributed by atoms with Crippen LogP contribution in [-0.2, 0) is 52.1 Å². The molecule has 0 radical (unpaired) electrons. The number of carbonyl (C=O) groups is 2. The van der Waals surface area contributed by atoms with Gasteiger partial charge in [0.1, 0.15) is 13.2 Å². The minimum Gasteiger partial charge on any atom is -0.460 e. The summed E-state index contributed by atoms with van der Waals surface area (Å²) in [5, 5.41) is 2.74. The highest BCUT2D eigenvalue weighted by Gasteiger charge is 2.29. The third-order valence-electron chi connectivity index (χ3n) is 8.31. The number of fused-ring (bicyclic) bond motifs is 3. The van der Waals surface area contributed by atoms with Gasteiger partial charge < -0.3 is 57.4 Å². The Hall–Kier alpha value is -3.96. The van der Waals surface area contributed by atoms with Crippen molar-refractivity contribution in [3.05, 3.63) is 95.6 Å². The molecule has 0 aliphatic heterocycles. The Kier molecular flexibility index (Phi) is 23.4. The molecular formula is C42H57NO13. The monoisotopic (exact) mass is 783 g/mol. The molecule has 308 valence electrons. The zero-order chi connectivity index (χ0) is 39.1. The van der Waals surface area contributed by atoms with Crippen molar-refractivity contribution in [2.24, 2.45) is 0 Å². The first kappa shape index (κ1) is 44.8. The largest absolute Gasteiger partial charge is 0.460 e. The smallest absolute Gasteiger partial charge is 0.407 e. The van der Waals surface area contributed by atoms with E-state index < -0.39 is 6.09 Å². The Balaban J connectivity index is 0.790.